The second-order valence-electron chi connectivity index (χ2n) is 5.73. The molecule has 3 rings (SSSR count). The Balaban J connectivity index is 1.70. The molecule has 0 bridgehead atoms. The van der Waals surface area contributed by atoms with E-state index in [2.05, 4.69) is 15.6 Å². The van der Waals surface area contributed by atoms with Gasteiger partial charge in [-0.1, -0.05) is 37.5 Å². The highest BCUT2D eigenvalue weighted by atomic mass is 32.1. The van der Waals surface area contributed by atoms with E-state index in [1.165, 1.54) is 19.3 Å². The number of aryl methyl sites for hydroxylation is 1. The monoisotopic (exact) mass is 315 g/mol. The summed E-state index contributed by atoms with van der Waals surface area (Å²) in [5.74, 6) is 0. The number of carbonyl (C=O) groups excluding carboxylic acids is 1. The van der Waals surface area contributed by atoms with Crippen LogP contribution in [0.25, 0.3) is 11.3 Å². The Hall–Kier alpha value is -1.88. The summed E-state index contributed by atoms with van der Waals surface area (Å²) in [4.78, 5) is 16.7. The predicted octanol–water partition coefficient (Wildman–Crippen LogP) is 4.57. The fourth-order valence-electron chi connectivity index (χ4n) is 2.89. The molecule has 0 spiro atoms. The summed E-state index contributed by atoms with van der Waals surface area (Å²) in [6, 6.07) is 8.00. The van der Waals surface area contributed by atoms with Gasteiger partial charge in [0.1, 0.15) is 0 Å². The number of hydrogen-bond donors (Lipinski definition) is 2. The smallest absolute Gasteiger partial charge is 0.319 e. The number of carbonyl (C=O) groups is 1. The molecule has 1 saturated carbocycles. The van der Waals surface area contributed by atoms with Crippen molar-refractivity contribution in [2.24, 2.45) is 0 Å². The molecule has 1 fully saturated rings. The van der Waals surface area contributed by atoms with E-state index in [9.17, 15) is 4.79 Å². The maximum Gasteiger partial charge on any atom is 0.319 e. The van der Waals surface area contributed by atoms with Gasteiger partial charge in [0.15, 0.2) is 0 Å². The highest BCUT2D eigenvalue weighted by Crippen LogP contribution is 2.28. The number of aromatic nitrogens is 1. The number of rotatable bonds is 3. The molecular formula is C17H21N3OS. The maximum absolute atomic E-state index is 12.2. The number of nitrogens with zero attached hydrogens (tertiary/aromatic N) is 1. The van der Waals surface area contributed by atoms with Gasteiger partial charge in [-0.25, -0.2) is 9.78 Å². The average molecular weight is 315 g/mol. The molecule has 116 valence electrons. The molecule has 22 heavy (non-hydrogen) atoms. The molecule has 0 aliphatic heterocycles. The first-order valence-corrected chi connectivity index (χ1v) is 8.69. The van der Waals surface area contributed by atoms with E-state index in [4.69, 9.17) is 0 Å². The van der Waals surface area contributed by atoms with Crippen LogP contribution in [-0.2, 0) is 0 Å². The SMILES string of the molecule is Cc1nc(-c2ccccc2NC(=O)NC2CCCCC2)cs1. The first kappa shape index (κ1) is 15.0. The van der Waals surface area contributed by atoms with Crippen LogP contribution in [0, 0.1) is 6.92 Å². The predicted molar refractivity (Wildman–Crippen MR) is 91.3 cm³/mol. The molecule has 0 unspecified atom stereocenters. The Morgan fingerprint density at radius 1 is 1.23 bits per heavy atom. The van der Waals surface area contributed by atoms with Crippen molar-refractivity contribution < 1.29 is 4.79 Å². The van der Waals surface area contributed by atoms with Gasteiger partial charge in [-0.3, -0.25) is 0 Å². The van der Waals surface area contributed by atoms with Crippen molar-refractivity contribution in [3.05, 3.63) is 34.7 Å². The van der Waals surface area contributed by atoms with E-state index in [0.717, 1.165) is 34.8 Å². The fourth-order valence-corrected chi connectivity index (χ4v) is 3.51. The summed E-state index contributed by atoms with van der Waals surface area (Å²) in [5, 5.41) is 9.11. The Bertz CT molecular complexity index is 647. The zero-order valence-corrected chi connectivity index (χ0v) is 13.6. The van der Waals surface area contributed by atoms with Crippen LogP contribution in [0.5, 0.6) is 0 Å². The van der Waals surface area contributed by atoms with Crippen LogP contribution in [0.1, 0.15) is 37.1 Å². The van der Waals surface area contributed by atoms with Gasteiger partial charge < -0.3 is 10.6 Å². The van der Waals surface area contributed by atoms with Crippen LogP contribution in [-0.4, -0.2) is 17.1 Å². The summed E-state index contributed by atoms with van der Waals surface area (Å²) in [6.45, 7) is 1.99. The highest BCUT2D eigenvalue weighted by molar-refractivity contribution is 7.09. The van der Waals surface area contributed by atoms with Crippen LogP contribution < -0.4 is 10.6 Å². The number of para-hydroxylation sites is 1. The van der Waals surface area contributed by atoms with Crippen molar-refractivity contribution in [1.29, 1.82) is 0 Å². The lowest BCUT2D eigenvalue weighted by Gasteiger charge is -2.23. The number of benzene rings is 1. The molecule has 0 radical (unpaired) electrons. The van der Waals surface area contributed by atoms with Gasteiger partial charge in [0.05, 0.1) is 16.4 Å². The minimum absolute atomic E-state index is 0.119. The van der Waals surface area contributed by atoms with Gasteiger partial charge >= 0.3 is 6.03 Å². The molecule has 1 aliphatic rings. The molecule has 1 heterocycles. The molecular weight excluding hydrogens is 294 g/mol. The third-order valence-corrected chi connectivity index (χ3v) is 4.78. The summed E-state index contributed by atoms with van der Waals surface area (Å²) in [6.07, 6.45) is 5.87. The van der Waals surface area contributed by atoms with Gasteiger partial charge in [0.2, 0.25) is 0 Å². The molecule has 5 heteroatoms. The minimum atomic E-state index is -0.119. The number of anilines is 1. The zero-order chi connectivity index (χ0) is 15.4. The van der Waals surface area contributed by atoms with Crippen molar-refractivity contribution in [2.45, 2.75) is 45.1 Å². The number of urea groups is 1. The van der Waals surface area contributed by atoms with Crippen LogP contribution in [0.2, 0.25) is 0 Å². The van der Waals surface area contributed by atoms with Crippen molar-refractivity contribution in [1.82, 2.24) is 10.3 Å². The van der Waals surface area contributed by atoms with Gasteiger partial charge in [-0.05, 0) is 25.8 Å². The van der Waals surface area contributed by atoms with Crippen molar-refractivity contribution in [3.63, 3.8) is 0 Å². The molecule has 2 amide bonds. The molecule has 1 aliphatic carbocycles. The van der Waals surface area contributed by atoms with Crippen molar-refractivity contribution in [2.75, 3.05) is 5.32 Å². The lowest BCUT2D eigenvalue weighted by atomic mass is 9.96. The van der Waals surface area contributed by atoms with Crippen LogP contribution >= 0.6 is 11.3 Å². The average Bonchev–Trinajstić information content (AvgIpc) is 2.95. The topological polar surface area (TPSA) is 54.0 Å². The van der Waals surface area contributed by atoms with Gasteiger partial charge in [0, 0.05) is 17.0 Å². The minimum Gasteiger partial charge on any atom is -0.335 e. The molecule has 2 N–H and O–H groups in total. The highest BCUT2D eigenvalue weighted by Gasteiger charge is 2.16. The quantitative estimate of drug-likeness (QED) is 0.871. The van der Waals surface area contributed by atoms with Gasteiger partial charge in [-0.15, -0.1) is 11.3 Å². The van der Waals surface area contributed by atoms with E-state index < -0.39 is 0 Å². The van der Waals surface area contributed by atoms with Crippen molar-refractivity contribution >= 4 is 23.1 Å². The molecule has 2 aromatic rings. The second-order valence-corrected chi connectivity index (χ2v) is 6.79. The van der Waals surface area contributed by atoms with E-state index in [0.29, 0.717) is 6.04 Å². The maximum atomic E-state index is 12.2. The van der Waals surface area contributed by atoms with E-state index in [-0.39, 0.29) is 6.03 Å². The summed E-state index contributed by atoms with van der Waals surface area (Å²) >= 11 is 1.62. The van der Waals surface area contributed by atoms with Crippen LogP contribution in [0.3, 0.4) is 0 Å². The Kier molecular flexibility index (Phi) is 4.73. The first-order valence-electron chi connectivity index (χ1n) is 7.81. The summed E-state index contributed by atoms with van der Waals surface area (Å²) in [7, 11) is 0. The second kappa shape index (κ2) is 6.92. The number of hydrogen-bond acceptors (Lipinski definition) is 3. The van der Waals surface area contributed by atoms with E-state index in [1.807, 2.05) is 36.6 Å². The first-order chi connectivity index (χ1) is 10.7. The Morgan fingerprint density at radius 3 is 2.73 bits per heavy atom. The molecule has 4 nitrogen and oxygen atoms in total. The van der Waals surface area contributed by atoms with Gasteiger partial charge in [-0.2, -0.15) is 0 Å². The molecule has 0 saturated heterocycles. The third-order valence-electron chi connectivity index (χ3n) is 4.01. The largest absolute Gasteiger partial charge is 0.335 e. The van der Waals surface area contributed by atoms with E-state index >= 15 is 0 Å². The lowest BCUT2D eigenvalue weighted by molar-refractivity contribution is 0.244. The number of amides is 2. The molecule has 1 aromatic carbocycles. The molecule has 0 atom stereocenters. The zero-order valence-electron chi connectivity index (χ0n) is 12.8. The van der Waals surface area contributed by atoms with Crippen molar-refractivity contribution in [3.8, 4) is 11.3 Å². The number of thiazole rings is 1. The normalized spacial score (nSPS) is 15.5. The standard InChI is InChI=1S/C17H21N3OS/c1-12-18-16(11-22-12)14-9-5-6-10-15(14)20-17(21)19-13-7-3-2-4-8-13/h5-6,9-11,13H,2-4,7-8H2,1H3,(H2,19,20,21). The molecule has 1 aromatic heterocycles. The third kappa shape index (κ3) is 3.65. The van der Waals surface area contributed by atoms with E-state index in [1.54, 1.807) is 11.3 Å². The van der Waals surface area contributed by atoms with Crippen LogP contribution in [0.15, 0.2) is 29.6 Å². The fraction of sp³-hybridized carbons (Fsp3) is 0.412. The van der Waals surface area contributed by atoms with Gasteiger partial charge in [0.25, 0.3) is 0 Å². The number of nitrogens with one attached hydrogen (secondary N) is 2. The lowest BCUT2D eigenvalue weighted by Crippen LogP contribution is -2.39. The Morgan fingerprint density at radius 2 is 2.00 bits per heavy atom. The summed E-state index contributed by atoms with van der Waals surface area (Å²) in [5.41, 5.74) is 2.68. The summed E-state index contributed by atoms with van der Waals surface area (Å²) < 4.78 is 0. The van der Waals surface area contributed by atoms with Crippen LogP contribution in [0.4, 0.5) is 10.5 Å². The Labute approximate surface area is 135 Å².